The third kappa shape index (κ3) is 4.24. The molecule has 3 atom stereocenters. The standard InChI is InChI=1S/C14H27N3O/c1-5-14(11-15,16-4)7-6-8-17-9-12(2)18-13(3)10-17/h12-13,16H,5-10H2,1-4H3/t12-,13+,14?. The molecule has 0 aliphatic carbocycles. The van der Waals surface area contributed by atoms with Crippen molar-refractivity contribution in [1.82, 2.24) is 10.2 Å². The fraction of sp³-hybridized carbons (Fsp3) is 0.929. The maximum Gasteiger partial charge on any atom is 0.106 e. The Morgan fingerprint density at radius 1 is 1.39 bits per heavy atom. The summed E-state index contributed by atoms with van der Waals surface area (Å²) >= 11 is 0. The van der Waals surface area contributed by atoms with Crippen molar-refractivity contribution in [2.45, 2.75) is 57.8 Å². The van der Waals surface area contributed by atoms with Crippen LogP contribution in [0.3, 0.4) is 0 Å². The van der Waals surface area contributed by atoms with Crippen molar-refractivity contribution >= 4 is 0 Å². The van der Waals surface area contributed by atoms with Crippen molar-refractivity contribution in [2.75, 3.05) is 26.7 Å². The summed E-state index contributed by atoms with van der Waals surface area (Å²) in [5.74, 6) is 0. The van der Waals surface area contributed by atoms with E-state index >= 15 is 0 Å². The van der Waals surface area contributed by atoms with E-state index in [9.17, 15) is 5.26 Å². The van der Waals surface area contributed by atoms with E-state index in [0.717, 1.165) is 38.9 Å². The molecule has 1 unspecified atom stereocenters. The lowest BCUT2D eigenvalue weighted by atomic mass is 9.92. The van der Waals surface area contributed by atoms with Crippen LogP contribution in [0.25, 0.3) is 0 Å². The Morgan fingerprint density at radius 3 is 2.44 bits per heavy atom. The molecule has 4 heteroatoms. The van der Waals surface area contributed by atoms with Crippen molar-refractivity contribution in [3.05, 3.63) is 0 Å². The summed E-state index contributed by atoms with van der Waals surface area (Å²) in [5.41, 5.74) is -0.344. The van der Waals surface area contributed by atoms with Gasteiger partial charge in [-0.2, -0.15) is 5.26 Å². The third-order valence-electron chi connectivity index (χ3n) is 3.87. The molecule has 104 valence electrons. The number of morpholine rings is 1. The van der Waals surface area contributed by atoms with Crippen molar-refractivity contribution in [3.63, 3.8) is 0 Å². The fourth-order valence-corrected chi connectivity index (χ4v) is 2.74. The molecular formula is C14H27N3O. The average Bonchev–Trinajstić information content (AvgIpc) is 2.34. The fourth-order valence-electron chi connectivity index (χ4n) is 2.74. The van der Waals surface area contributed by atoms with E-state index < -0.39 is 0 Å². The summed E-state index contributed by atoms with van der Waals surface area (Å²) in [6, 6.07) is 2.42. The molecule has 0 bridgehead atoms. The van der Waals surface area contributed by atoms with Crippen LogP contribution in [0.15, 0.2) is 0 Å². The second kappa shape index (κ2) is 7.08. The van der Waals surface area contributed by atoms with Crippen molar-refractivity contribution < 1.29 is 4.74 Å². The first-order valence-electron chi connectivity index (χ1n) is 7.03. The zero-order chi connectivity index (χ0) is 13.6. The molecule has 1 fully saturated rings. The summed E-state index contributed by atoms with van der Waals surface area (Å²) in [6.07, 6.45) is 3.48. The highest BCUT2D eigenvalue weighted by atomic mass is 16.5. The predicted molar refractivity (Wildman–Crippen MR) is 73.4 cm³/mol. The van der Waals surface area contributed by atoms with E-state index in [1.54, 1.807) is 0 Å². The molecule has 4 nitrogen and oxygen atoms in total. The Morgan fingerprint density at radius 2 is 2.00 bits per heavy atom. The van der Waals surface area contributed by atoms with Gasteiger partial charge in [-0.15, -0.1) is 0 Å². The molecular weight excluding hydrogens is 226 g/mol. The van der Waals surface area contributed by atoms with Crippen LogP contribution in [-0.2, 0) is 4.74 Å². The summed E-state index contributed by atoms with van der Waals surface area (Å²) in [4.78, 5) is 2.45. The van der Waals surface area contributed by atoms with Crippen LogP contribution in [0.1, 0.15) is 40.0 Å². The lowest BCUT2D eigenvalue weighted by Crippen LogP contribution is -2.46. The maximum atomic E-state index is 9.25. The van der Waals surface area contributed by atoms with Crippen molar-refractivity contribution in [3.8, 4) is 6.07 Å². The molecule has 18 heavy (non-hydrogen) atoms. The molecule has 0 aromatic carbocycles. The minimum Gasteiger partial charge on any atom is -0.373 e. The van der Waals surface area contributed by atoms with Gasteiger partial charge in [-0.1, -0.05) is 6.92 Å². The average molecular weight is 253 g/mol. The van der Waals surface area contributed by atoms with Gasteiger partial charge in [0.05, 0.1) is 18.3 Å². The number of rotatable bonds is 6. The normalized spacial score (nSPS) is 28.6. The minimum absolute atomic E-state index is 0.324. The Kier molecular flexibility index (Phi) is 6.07. The molecule has 1 aliphatic heterocycles. The maximum absolute atomic E-state index is 9.25. The zero-order valence-electron chi connectivity index (χ0n) is 12.2. The van der Waals surface area contributed by atoms with Gasteiger partial charge in [0.1, 0.15) is 5.54 Å². The highest BCUT2D eigenvalue weighted by molar-refractivity contribution is 5.05. The molecule has 0 amide bonds. The van der Waals surface area contributed by atoms with Crippen LogP contribution in [0.4, 0.5) is 0 Å². The van der Waals surface area contributed by atoms with Gasteiger partial charge in [0, 0.05) is 13.1 Å². The van der Waals surface area contributed by atoms with E-state index in [-0.39, 0.29) is 5.54 Å². The smallest absolute Gasteiger partial charge is 0.106 e. The number of hydrogen-bond acceptors (Lipinski definition) is 4. The Balaban J connectivity index is 2.35. The number of nitriles is 1. The Hall–Kier alpha value is -0.630. The van der Waals surface area contributed by atoms with Crippen LogP contribution in [-0.4, -0.2) is 49.3 Å². The van der Waals surface area contributed by atoms with E-state index in [0.29, 0.717) is 12.2 Å². The van der Waals surface area contributed by atoms with E-state index in [4.69, 9.17) is 4.74 Å². The Labute approximate surface area is 111 Å². The van der Waals surface area contributed by atoms with Crippen LogP contribution < -0.4 is 5.32 Å². The third-order valence-corrected chi connectivity index (χ3v) is 3.87. The summed E-state index contributed by atoms with van der Waals surface area (Å²) in [6.45, 7) is 9.40. The second-order valence-corrected chi connectivity index (χ2v) is 5.42. The highest BCUT2D eigenvalue weighted by Crippen LogP contribution is 2.17. The molecule has 1 N–H and O–H groups in total. The summed E-state index contributed by atoms with van der Waals surface area (Å²) in [5, 5.41) is 12.4. The van der Waals surface area contributed by atoms with Gasteiger partial charge in [0.2, 0.25) is 0 Å². The van der Waals surface area contributed by atoms with Crippen LogP contribution in [0, 0.1) is 11.3 Å². The van der Waals surface area contributed by atoms with E-state index in [2.05, 4.69) is 37.1 Å². The highest BCUT2D eigenvalue weighted by Gasteiger charge is 2.26. The molecule has 1 heterocycles. The zero-order valence-corrected chi connectivity index (χ0v) is 12.2. The first-order valence-corrected chi connectivity index (χ1v) is 7.03. The topological polar surface area (TPSA) is 48.3 Å². The summed E-state index contributed by atoms with van der Waals surface area (Å²) < 4.78 is 5.72. The number of nitrogens with zero attached hydrogens (tertiary/aromatic N) is 2. The molecule has 0 saturated carbocycles. The Bertz CT molecular complexity index is 273. The molecule has 0 spiro atoms. The molecule has 1 rings (SSSR count). The number of ether oxygens (including phenoxy) is 1. The van der Waals surface area contributed by atoms with Crippen LogP contribution in [0.5, 0.6) is 0 Å². The predicted octanol–water partition coefficient (Wildman–Crippen LogP) is 1.77. The monoisotopic (exact) mass is 253 g/mol. The molecule has 0 radical (unpaired) electrons. The SMILES string of the molecule is CCC(C#N)(CCCN1C[C@@H](C)O[C@@H](C)C1)NC. The van der Waals surface area contributed by atoms with Crippen molar-refractivity contribution in [2.24, 2.45) is 0 Å². The molecule has 1 saturated heterocycles. The van der Waals surface area contributed by atoms with Gasteiger partial charge in [0.15, 0.2) is 0 Å². The quantitative estimate of drug-likeness (QED) is 0.783. The minimum atomic E-state index is -0.344. The first kappa shape index (κ1) is 15.4. The van der Waals surface area contributed by atoms with Gasteiger partial charge < -0.3 is 10.1 Å². The van der Waals surface area contributed by atoms with Crippen molar-refractivity contribution in [1.29, 1.82) is 5.26 Å². The molecule has 0 aromatic heterocycles. The lowest BCUT2D eigenvalue weighted by Gasteiger charge is -2.36. The van der Waals surface area contributed by atoms with Gasteiger partial charge in [-0.3, -0.25) is 4.90 Å². The summed E-state index contributed by atoms with van der Waals surface area (Å²) in [7, 11) is 1.88. The lowest BCUT2D eigenvalue weighted by molar-refractivity contribution is -0.0683. The van der Waals surface area contributed by atoms with E-state index in [1.807, 2.05) is 7.05 Å². The number of hydrogen-bond donors (Lipinski definition) is 1. The van der Waals surface area contributed by atoms with Gasteiger partial charge >= 0.3 is 0 Å². The van der Waals surface area contributed by atoms with Crippen LogP contribution in [0.2, 0.25) is 0 Å². The van der Waals surface area contributed by atoms with Gasteiger partial charge in [0.25, 0.3) is 0 Å². The van der Waals surface area contributed by atoms with Crippen LogP contribution >= 0.6 is 0 Å². The second-order valence-electron chi connectivity index (χ2n) is 5.42. The largest absolute Gasteiger partial charge is 0.373 e. The van der Waals surface area contributed by atoms with Gasteiger partial charge in [-0.05, 0) is 46.7 Å². The van der Waals surface area contributed by atoms with Gasteiger partial charge in [-0.25, -0.2) is 0 Å². The molecule has 1 aliphatic rings. The first-order chi connectivity index (χ1) is 8.55. The van der Waals surface area contributed by atoms with E-state index in [1.165, 1.54) is 0 Å². The number of nitrogens with one attached hydrogen (secondary N) is 1. The molecule has 0 aromatic rings.